The second-order valence-corrected chi connectivity index (χ2v) is 8.15. The molecule has 0 saturated carbocycles. The molecule has 0 saturated heterocycles. The zero-order chi connectivity index (χ0) is 19.0. The summed E-state index contributed by atoms with van der Waals surface area (Å²) in [6, 6.07) is 25.1. The van der Waals surface area contributed by atoms with Crippen molar-refractivity contribution in [1.29, 1.82) is 0 Å². The number of fused-ring (bicyclic) bond motifs is 2. The predicted octanol–water partition coefficient (Wildman–Crippen LogP) is 5.09. The van der Waals surface area contributed by atoms with Crippen LogP contribution in [-0.2, 0) is 4.57 Å². The number of Topliss-reactive ketones (excluding diaryl/α,β-unsaturated/α-hetero) is 1. The summed E-state index contributed by atoms with van der Waals surface area (Å²) in [7, 11) is -4.75. The molecule has 4 aromatic rings. The van der Waals surface area contributed by atoms with Crippen molar-refractivity contribution in [3.05, 3.63) is 96.1 Å². The number of ketones is 1. The third kappa shape index (κ3) is 3.19. The number of carbonyl (C=O) groups is 1. The van der Waals surface area contributed by atoms with Crippen molar-refractivity contribution in [1.82, 2.24) is 0 Å². The fourth-order valence-corrected chi connectivity index (χ4v) is 4.58. The molecule has 4 nitrogen and oxygen atoms in total. The van der Waals surface area contributed by atoms with Crippen LogP contribution in [0.1, 0.15) is 21.6 Å². The summed E-state index contributed by atoms with van der Waals surface area (Å²) in [5.41, 5.74) is -0.886. The van der Waals surface area contributed by atoms with Gasteiger partial charge >= 0.3 is 7.60 Å². The van der Waals surface area contributed by atoms with Gasteiger partial charge in [-0.2, -0.15) is 0 Å². The summed E-state index contributed by atoms with van der Waals surface area (Å²) in [5.74, 6) is -0.573. The molecule has 0 aliphatic rings. The Bertz CT molecular complexity index is 1200. The molecule has 0 aromatic heterocycles. The second-order valence-electron chi connectivity index (χ2n) is 6.45. The van der Waals surface area contributed by atoms with E-state index in [2.05, 4.69) is 0 Å². The van der Waals surface area contributed by atoms with Gasteiger partial charge in [0.05, 0.1) is 0 Å². The molecule has 0 heterocycles. The minimum Gasteiger partial charge on any atom is -0.324 e. The molecule has 1 unspecified atom stereocenters. The predicted molar refractivity (Wildman–Crippen MR) is 107 cm³/mol. The third-order valence-electron chi connectivity index (χ3n) is 4.76. The Kier molecular flexibility index (Phi) is 4.40. The van der Waals surface area contributed by atoms with E-state index >= 15 is 0 Å². The summed E-state index contributed by atoms with van der Waals surface area (Å²) >= 11 is 0. The zero-order valence-corrected chi connectivity index (χ0v) is 15.2. The van der Waals surface area contributed by atoms with E-state index < -0.39 is 19.0 Å². The van der Waals surface area contributed by atoms with Gasteiger partial charge in [-0.05, 0) is 27.1 Å². The van der Waals surface area contributed by atoms with Crippen LogP contribution in [-0.4, -0.2) is 15.6 Å². The second kappa shape index (κ2) is 6.75. The lowest BCUT2D eigenvalue weighted by atomic mass is 9.94. The summed E-state index contributed by atoms with van der Waals surface area (Å²) in [6.45, 7) is 0. The largest absolute Gasteiger partial charge is 0.340 e. The SMILES string of the molecule is O=C(c1cccc2ccccc12)C(c1cccc2ccccc12)P(=O)(O)O. The molecule has 0 spiro atoms. The Balaban J connectivity index is 1.96. The lowest BCUT2D eigenvalue weighted by molar-refractivity contribution is 0.0980. The van der Waals surface area contributed by atoms with E-state index in [1.54, 1.807) is 42.5 Å². The van der Waals surface area contributed by atoms with E-state index in [1.807, 2.05) is 42.5 Å². The monoisotopic (exact) mass is 376 g/mol. The number of rotatable bonds is 4. The van der Waals surface area contributed by atoms with Crippen LogP contribution >= 0.6 is 7.60 Å². The number of benzene rings is 4. The quantitative estimate of drug-likeness (QED) is 0.384. The van der Waals surface area contributed by atoms with Gasteiger partial charge in [-0.1, -0.05) is 84.9 Å². The van der Waals surface area contributed by atoms with Crippen molar-refractivity contribution < 1.29 is 19.1 Å². The lowest BCUT2D eigenvalue weighted by Crippen LogP contribution is -2.14. The first-order valence-electron chi connectivity index (χ1n) is 8.51. The highest BCUT2D eigenvalue weighted by Crippen LogP contribution is 2.54. The molecule has 0 amide bonds. The highest BCUT2D eigenvalue weighted by molar-refractivity contribution is 7.53. The highest BCUT2D eigenvalue weighted by atomic mass is 31.2. The van der Waals surface area contributed by atoms with E-state index in [1.165, 1.54) is 0 Å². The van der Waals surface area contributed by atoms with Crippen LogP contribution in [0, 0.1) is 0 Å². The van der Waals surface area contributed by atoms with Crippen molar-refractivity contribution in [2.45, 2.75) is 5.66 Å². The fourth-order valence-electron chi connectivity index (χ4n) is 3.55. The first-order chi connectivity index (χ1) is 13.0. The maximum absolute atomic E-state index is 13.4. The van der Waals surface area contributed by atoms with Gasteiger partial charge in [-0.15, -0.1) is 0 Å². The topological polar surface area (TPSA) is 74.6 Å². The molecule has 2 N–H and O–H groups in total. The molecular formula is C22H17O4P. The number of hydrogen-bond donors (Lipinski definition) is 2. The van der Waals surface area contributed by atoms with Crippen LogP contribution in [0.2, 0.25) is 0 Å². The average Bonchev–Trinajstić information content (AvgIpc) is 2.67. The van der Waals surface area contributed by atoms with E-state index in [0.717, 1.165) is 10.8 Å². The van der Waals surface area contributed by atoms with Crippen molar-refractivity contribution in [3.8, 4) is 0 Å². The molecule has 4 aromatic carbocycles. The Morgan fingerprint density at radius 3 is 1.89 bits per heavy atom. The summed E-state index contributed by atoms with van der Waals surface area (Å²) < 4.78 is 12.4. The van der Waals surface area contributed by atoms with Gasteiger partial charge in [0.2, 0.25) is 0 Å². The summed E-state index contributed by atoms with van der Waals surface area (Å²) in [5, 5.41) is 3.04. The first kappa shape index (κ1) is 17.6. The molecule has 134 valence electrons. The van der Waals surface area contributed by atoms with Gasteiger partial charge in [0.25, 0.3) is 0 Å². The van der Waals surface area contributed by atoms with Gasteiger partial charge in [-0.25, -0.2) is 0 Å². The standard InChI is InChI=1S/C22H17O4P/c23-21(19-13-5-9-15-7-1-3-11-17(15)19)22(27(24,25)26)20-14-6-10-16-8-2-4-12-18(16)20/h1-14,22H,(H2,24,25,26). The van der Waals surface area contributed by atoms with E-state index in [-0.39, 0.29) is 0 Å². The Hall–Kier alpha value is -2.78. The van der Waals surface area contributed by atoms with Crippen LogP contribution in [0.25, 0.3) is 21.5 Å². The molecule has 0 aliphatic heterocycles. The van der Waals surface area contributed by atoms with Crippen LogP contribution in [0.4, 0.5) is 0 Å². The number of carbonyl (C=O) groups excluding carboxylic acids is 1. The van der Waals surface area contributed by atoms with E-state index in [9.17, 15) is 19.1 Å². The Labute approximate surface area is 156 Å². The van der Waals surface area contributed by atoms with Crippen molar-refractivity contribution in [2.24, 2.45) is 0 Å². The summed E-state index contributed by atoms with van der Waals surface area (Å²) in [4.78, 5) is 33.5. The number of hydrogen-bond acceptors (Lipinski definition) is 2. The normalized spacial score (nSPS) is 13.0. The van der Waals surface area contributed by atoms with Crippen LogP contribution in [0.3, 0.4) is 0 Å². The third-order valence-corrected chi connectivity index (χ3v) is 5.94. The molecule has 5 heteroatoms. The van der Waals surface area contributed by atoms with Gasteiger partial charge in [0, 0.05) is 5.56 Å². The lowest BCUT2D eigenvalue weighted by Gasteiger charge is -2.20. The van der Waals surface area contributed by atoms with Crippen molar-refractivity contribution >= 4 is 34.9 Å². The van der Waals surface area contributed by atoms with Gasteiger partial charge < -0.3 is 9.79 Å². The molecule has 0 bridgehead atoms. The van der Waals surface area contributed by atoms with Gasteiger partial charge in [0.1, 0.15) is 5.66 Å². The van der Waals surface area contributed by atoms with Crippen LogP contribution in [0.15, 0.2) is 84.9 Å². The molecule has 0 fully saturated rings. The minimum absolute atomic E-state index is 0.314. The Morgan fingerprint density at radius 2 is 1.22 bits per heavy atom. The van der Waals surface area contributed by atoms with Crippen molar-refractivity contribution in [3.63, 3.8) is 0 Å². The van der Waals surface area contributed by atoms with E-state index in [4.69, 9.17) is 0 Å². The minimum atomic E-state index is -4.75. The van der Waals surface area contributed by atoms with Gasteiger partial charge in [-0.3, -0.25) is 9.36 Å². The first-order valence-corrected chi connectivity index (χ1v) is 10.2. The molecular weight excluding hydrogens is 359 g/mol. The molecule has 27 heavy (non-hydrogen) atoms. The fraction of sp³-hybridized carbons (Fsp3) is 0.0455. The summed E-state index contributed by atoms with van der Waals surface area (Å²) in [6.07, 6.45) is 0. The average molecular weight is 376 g/mol. The smallest absolute Gasteiger partial charge is 0.324 e. The maximum Gasteiger partial charge on any atom is 0.340 e. The molecule has 0 radical (unpaired) electrons. The maximum atomic E-state index is 13.4. The van der Waals surface area contributed by atoms with Crippen molar-refractivity contribution in [2.75, 3.05) is 0 Å². The van der Waals surface area contributed by atoms with Gasteiger partial charge in [0.15, 0.2) is 5.78 Å². The highest BCUT2D eigenvalue weighted by Gasteiger charge is 2.39. The van der Waals surface area contributed by atoms with E-state index in [0.29, 0.717) is 21.9 Å². The molecule has 0 aliphatic carbocycles. The zero-order valence-electron chi connectivity index (χ0n) is 14.3. The van der Waals surface area contributed by atoms with Crippen LogP contribution < -0.4 is 0 Å². The molecule has 4 rings (SSSR count). The molecule has 1 atom stereocenters. The van der Waals surface area contributed by atoms with Crippen LogP contribution in [0.5, 0.6) is 0 Å². The Morgan fingerprint density at radius 1 is 0.704 bits per heavy atom.